The van der Waals surface area contributed by atoms with Crippen LogP contribution in [0.4, 0.5) is 17.1 Å². The summed E-state index contributed by atoms with van der Waals surface area (Å²) in [5.41, 5.74) is 9.36. The van der Waals surface area contributed by atoms with Crippen LogP contribution in [0.1, 0.15) is 5.56 Å². The summed E-state index contributed by atoms with van der Waals surface area (Å²) >= 11 is 9.65. The maximum absolute atomic E-state index is 6.11. The molecule has 0 unspecified atom stereocenters. The fourth-order valence-electron chi connectivity index (χ4n) is 1.55. The molecule has 0 aliphatic carbocycles. The van der Waals surface area contributed by atoms with Gasteiger partial charge in [0.15, 0.2) is 0 Å². The van der Waals surface area contributed by atoms with Crippen molar-refractivity contribution in [3.8, 4) is 0 Å². The number of benzene rings is 2. The Labute approximate surface area is 114 Å². The SMILES string of the molecule is Cc1cccc(Nc2c(N)cccc2Cl)c1Br. The Bertz CT molecular complexity index is 535. The molecular weight excluding hydrogens is 300 g/mol. The van der Waals surface area contributed by atoms with Crippen molar-refractivity contribution in [1.29, 1.82) is 0 Å². The fraction of sp³-hybridized carbons (Fsp3) is 0.0769. The smallest absolute Gasteiger partial charge is 0.0807 e. The Balaban J connectivity index is 2.42. The van der Waals surface area contributed by atoms with E-state index in [9.17, 15) is 0 Å². The van der Waals surface area contributed by atoms with Gasteiger partial charge in [-0.2, -0.15) is 0 Å². The third-order valence-electron chi connectivity index (χ3n) is 2.50. The molecule has 0 amide bonds. The molecule has 0 heterocycles. The molecule has 0 aliphatic rings. The predicted octanol–water partition coefficient (Wildman–Crippen LogP) is 4.74. The first-order valence-electron chi connectivity index (χ1n) is 5.15. The number of hydrogen-bond donors (Lipinski definition) is 2. The molecule has 0 saturated heterocycles. The number of nitrogens with two attached hydrogens (primary N) is 1. The summed E-state index contributed by atoms with van der Waals surface area (Å²) in [4.78, 5) is 0. The number of aryl methyl sites for hydroxylation is 1. The second-order valence-corrected chi connectivity index (χ2v) is 4.97. The van der Waals surface area contributed by atoms with Crippen LogP contribution < -0.4 is 11.1 Å². The average molecular weight is 312 g/mol. The minimum absolute atomic E-state index is 0.610. The van der Waals surface area contributed by atoms with Gasteiger partial charge in [0, 0.05) is 4.47 Å². The van der Waals surface area contributed by atoms with Crippen LogP contribution in [0, 0.1) is 6.92 Å². The number of rotatable bonds is 2. The Morgan fingerprint density at radius 2 is 1.88 bits per heavy atom. The number of para-hydroxylation sites is 1. The van der Waals surface area contributed by atoms with E-state index in [0.29, 0.717) is 10.7 Å². The second-order valence-electron chi connectivity index (χ2n) is 3.77. The molecule has 17 heavy (non-hydrogen) atoms. The van der Waals surface area contributed by atoms with E-state index in [4.69, 9.17) is 17.3 Å². The summed E-state index contributed by atoms with van der Waals surface area (Å²) in [6.07, 6.45) is 0. The Kier molecular flexibility index (Phi) is 3.60. The lowest BCUT2D eigenvalue weighted by Crippen LogP contribution is -1.98. The molecule has 2 aromatic carbocycles. The van der Waals surface area contributed by atoms with E-state index in [2.05, 4.69) is 21.2 Å². The molecule has 2 rings (SSSR count). The van der Waals surface area contributed by atoms with Crippen molar-refractivity contribution in [3.63, 3.8) is 0 Å². The third-order valence-corrected chi connectivity index (χ3v) is 3.86. The molecule has 88 valence electrons. The second kappa shape index (κ2) is 4.98. The van der Waals surface area contributed by atoms with Crippen molar-refractivity contribution < 1.29 is 0 Å². The first-order valence-corrected chi connectivity index (χ1v) is 6.33. The molecule has 0 saturated carbocycles. The average Bonchev–Trinajstić information content (AvgIpc) is 2.29. The van der Waals surface area contributed by atoms with Gasteiger partial charge in [-0.15, -0.1) is 0 Å². The van der Waals surface area contributed by atoms with Crippen LogP contribution in [0.2, 0.25) is 5.02 Å². The molecule has 2 nitrogen and oxygen atoms in total. The molecule has 0 aromatic heterocycles. The van der Waals surface area contributed by atoms with Gasteiger partial charge < -0.3 is 11.1 Å². The summed E-state index contributed by atoms with van der Waals surface area (Å²) in [5.74, 6) is 0. The molecule has 0 radical (unpaired) electrons. The van der Waals surface area contributed by atoms with E-state index in [-0.39, 0.29) is 0 Å². The van der Waals surface area contributed by atoms with Crippen molar-refractivity contribution >= 4 is 44.6 Å². The van der Waals surface area contributed by atoms with Crippen LogP contribution in [-0.4, -0.2) is 0 Å². The van der Waals surface area contributed by atoms with Crippen molar-refractivity contribution in [3.05, 3.63) is 51.5 Å². The molecule has 4 heteroatoms. The number of nitrogen functional groups attached to an aromatic ring is 1. The third kappa shape index (κ3) is 2.56. The van der Waals surface area contributed by atoms with Crippen LogP contribution in [0.5, 0.6) is 0 Å². The first kappa shape index (κ1) is 12.3. The van der Waals surface area contributed by atoms with Gasteiger partial charge >= 0.3 is 0 Å². The number of anilines is 3. The van der Waals surface area contributed by atoms with E-state index in [1.54, 1.807) is 0 Å². The minimum Gasteiger partial charge on any atom is -0.397 e. The van der Waals surface area contributed by atoms with E-state index in [1.165, 1.54) is 0 Å². The van der Waals surface area contributed by atoms with Crippen LogP contribution in [0.15, 0.2) is 40.9 Å². The normalized spacial score (nSPS) is 10.3. The van der Waals surface area contributed by atoms with E-state index in [0.717, 1.165) is 21.4 Å². The minimum atomic E-state index is 0.610. The van der Waals surface area contributed by atoms with Gasteiger partial charge in [0.1, 0.15) is 0 Å². The Morgan fingerprint density at radius 1 is 1.18 bits per heavy atom. The van der Waals surface area contributed by atoms with E-state index >= 15 is 0 Å². The van der Waals surface area contributed by atoms with Gasteiger partial charge in [-0.25, -0.2) is 0 Å². The molecule has 0 atom stereocenters. The highest BCUT2D eigenvalue weighted by Gasteiger charge is 2.07. The first-order chi connectivity index (χ1) is 8.09. The molecule has 3 N–H and O–H groups in total. The lowest BCUT2D eigenvalue weighted by Gasteiger charge is -2.13. The maximum Gasteiger partial charge on any atom is 0.0807 e. The molecule has 0 spiro atoms. The molecular formula is C13H12BrClN2. The molecule has 2 aromatic rings. The van der Waals surface area contributed by atoms with E-state index in [1.807, 2.05) is 43.3 Å². The van der Waals surface area contributed by atoms with Crippen molar-refractivity contribution in [2.45, 2.75) is 6.92 Å². The van der Waals surface area contributed by atoms with Gasteiger partial charge in [-0.1, -0.05) is 29.8 Å². The zero-order valence-corrected chi connectivity index (χ0v) is 11.6. The highest BCUT2D eigenvalue weighted by molar-refractivity contribution is 9.10. The van der Waals surface area contributed by atoms with Gasteiger partial charge in [0.05, 0.1) is 22.1 Å². The topological polar surface area (TPSA) is 38.0 Å². The lowest BCUT2D eigenvalue weighted by atomic mass is 10.2. The highest BCUT2D eigenvalue weighted by Crippen LogP contribution is 2.34. The summed E-state index contributed by atoms with van der Waals surface area (Å²) in [7, 11) is 0. The number of hydrogen-bond acceptors (Lipinski definition) is 2. The lowest BCUT2D eigenvalue weighted by molar-refractivity contribution is 1.41. The maximum atomic E-state index is 6.11. The standard InChI is InChI=1S/C13H12BrClN2/c1-8-4-2-7-11(12(8)14)17-13-9(15)5-3-6-10(13)16/h2-7,17H,16H2,1H3. The fourth-order valence-corrected chi connectivity index (χ4v) is 2.14. The quantitative estimate of drug-likeness (QED) is 0.786. The summed E-state index contributed by atoms with van der Waals surface area (Å²) < 4.78 is 1.01. The van der Waals surface area contributed by atoms with Crippen molar-refractivity contribution in [2.24, 2.45) is 0 Å². The predicted molar refractivity (Wildman–Crippen MR) is 78.0 cm³/mol. The van der Waals surface area contributed by atoms with Gasteiger partial charge in [0.2, 0.25) is 0 Å². The van der Waals surface area contributed by atoms with Crippen LogP contribution in [0.25, 0.3) is 0 Å². The zero-order chi connectivity index (χ0) is 12.4. The summed E-state index contributed by atoms with van der Waals surface area (Å²) in [5, 5.41) is 3.86. The van der Waals surface area contributed by atoms with Gasteiger partial charge in [-0.3, -0.25) is 0 Å². The van der Waals surface area contributed by atoms with Gasteiger partial charge in [-0.05, 0) is 46.6 Å². The number of nitrogens with one attached hydrogen (secondary N) is 1. The summed E-state index contributed by atoms with van der Waals surface area (Å²) in [6, 6.07) is 11.4. The largest absolute Gasteiger partial charge is 0.397 e. The van der Waals surface area contributed by atoms with Crippen LogP contribution >= 0.6 is 27.5 Å². The molecule has 0 bridgehead atoms. The van der Waals surface area contributed by atoms with Crippen molar-refractivity contribution in [2.75, 3.05) is 11.1 Å². The molecule has 0 aliphatic heterocycles. The van der Waals surface area contributed by atoms with E-state index < -0.39 is 0 Å². The van der Waals surface area contributed by atoms with Crippen molar-refractivity contribution in [1.82, 2.24) is 0 Å². The van der Waals surface area contributed by atoms with Crippen LogP contribution in [0.3, 0.4) is 0 Å². The highest BCUT2D eigenvalue weighted by atomic mass is 79.9. The zero-order valence-electron chi connectivity index (χ0n) is 9.30. The Hall–Kier alpha value is -1.19. The Morgan fingerprint density at radius 3 is 2.59 bits per heavy atom. The monoisotopic (exact) mass is 310 g/mol. The van der Waals surface area contributed by atoms with Gasteiger partial charge in [0.25, 0.3) is 0 Å². The summed E-state index contributed by atoms with van der Waals surface area (Å²) in [6.45, 7) is 2.03. The molecule has 0 fully saturated rings. The number of halogens is 2. The van der Waals surface area contributed by atoms with Crippen LogP contribution in [-0.2, 0) is 0 Å².